The van der Waals surface area contributed by atoms with Crippen molar-refractivity contribution < 1.29 is 9.47 Å². The lowest BCUT2D eigenvalue weighted by atomic mass is 10.2. The summed E-state index contributed by atoms with van der Waals surface area (Å²) in [5, 5.41) is 0. The molecule has 100 valence electrons. The lowest BCUT2D eigenvalue weighted by molar-refractivity contribution is 0.305. The molecule has 6 nitrogen and oxygen atoms in total. The Balaban J connectivity index is 1.92. The van der Waals surface area contributed by atoms with Gasteiger partial charge in [-0.2, -0.15) is 0 Å². The molecular formula is C12H13IN4O2. The number of pyridine rings is 1. The van der Waals surface area contributed by atoms with E-state index in [1.54, 1.807) is 25.6 Å². The Bertz CT molecular complexity index is 565. The lowest BCUT2D eigenvalue weighted by Crippen LogP contribution is -2.06. The maximum absolute atomic E-state index is 5.70. The Kier molecular flexibility index (Phi) is 4.72. The molecule has 2 rings (SSSR count). The maximum Gasteiger partial charge on any atom is 0.237 e. The van der Waals surface area contributed by atoms with Crippen LogP contribution in [-0.2, 0) is 6.42 Å². The highest BCUT2D eigenvalue weighted by Crippen LogP contribution is 2.18. The minimum absolute atomic E-state index is 0.437. The molecule has 0 radical (unpaired) electrons. The van der Waals surface area contributed by atoms with Crippen molar-refractivity contribution >= 4 is 28.3 Å². The molecule has 2 aromatic heterocycles. The molecule has 7 heteroatoms. The lowest BCUT2D eigenvalue weighted by Gasteiger charge is -2.07. The summed E-state index contributed by atoms with van der Waals surface area (Å²) in [4.78, 5) is 12.5. The van der Waals surface area contributed by atoms with Crippen LogP contribution >= 0.6 is 22.6 Å². The molecular weight excluding hydrogens is 359 g/mol. The van der Waals surface area contributed by atoms with Crippen molar-refractivity contribution in [1.29, 1.82) is 0 Å². The summed E-state index contributed by atoms with van der Waals surface area (Å²) in [6, 6.07) is 3.62. The zero-order valence-electron chi connectivity index (χ0n) is 10.3. The minimum atomic E-state index is 0.437. The van der Waals surface area contributed by atoms with Crippen molar-refractivity contribution in [2.45, 2.75) is 6.42 Å². The van der Waals surface area contributed by atoms with E-state index in [2.05, 4.69) is 37.5 Å². The van der Waals surface area contributed by atoms with E-state index < -0.39 is 0 Å². The summed E-state index contributed by atoms with van der Waals surface area (Å²) in [5.41, 5.74) is 7.07. The van der Waals surface area contributed by atoms with Crippen molar-refractivity contribution in [3.63, 3.8) is 0 Å². The van der Waals surface area contributed by atoms with Crippen molar-refractivity contribution in [2.75, 3.05) is 19.5 Å². The molecule has 2 aromatic rings. The van der Waals surface area contributed by atoms with Crippen LogP contribution in [0, 0.1) is 3.70 Å². The average molecular weight is 372 g/mol. The number of hydrogen-bond donors (Lipinski definition) is 1. The number of hydrogen-bond acceptors (Lipinski definition) is 6. The van der Waals surface area contributed by atoms with Gasteiger partial charge in [-0.05, 0) is 34.7 Å². The number of halogens is 1. The maximum atomic E-state index is 5.70. The first-order valence-corrected chi connectivity index (χ1v) is 6.66. The van der Waals surface area contributed by atoms with Crippen molar-refractivity contribution in [3.8, 4) is 11.8 Å². The minimum Gasteiger partial charge on any atom is -0.480 e. The van der Waals surface area contributed by atoms with Crippen LogP contribution < -0.4 is 15.2 Å². The molecule has 0 aliphatic carbocycles. The van der Waals surface area contributed by atoms with Gasteiger partial charge in [0.25, 0.3) is 0 Å². The predicted octanol–water partition coefficient (Wildman–Crippen LogP) is 1.69. The molecule has 0 aromatic carbocycles. The van der Waals surface area contributed by atoms with E-state index >= 15 is 0 Å². The molecule has 2 heterocycles. The topological polar surface area (TPSA) is 83.2 Å². The molecule has 0 saturated carbocycles. The number of nitrogens with two attached hydrogens (primary N) is 1. The smallest absolute Gasteiger partial charge is 0.237 e. The summed E-state index contributed by atoms with van der Waals surface area (Å²) in [7, 11) is 1.54. The van der Waals surface area contributed by atoms with Gasteiger partial charge in [-0.3, -0.25) is 4.98 Å². The van der Waals surface area contributed by atoms with Crippen LogP contribution in [0.4, 0.5) is 5.69 Å². The third-order valence-electron chi connectivity index (χ3n) is 2.33. The van der Waals surface area contributed by atoms with Gasteiger partial charge in [-0.25, -0.2) is 9.97 Å². The molecule has 0 fully saturated rings. The molecule has 0 bridgehead atoms. The predicted molar refractivity (Wildman–Crippen MR) is 79.1 cm³/mol. The van der Waals surface area contributed by atoms with Crippen molar-refractivity contribution in [1.82, 2.24) is 15.0 Å². The number of anilines is 1. The third-order valence-corrected chi connectivity index (χ3v) is 2.85. The van der Waals surface area contributed by atoms with Crippen LogP contribution in [0.1, 0.15) is 5.69 Å². The van der Waals surface area contributed by atoms with Gasteiger partial charge < -0.3 is 15.2 Å². The second-order valence-electron chi connectivity index (χ2n) is 3.68. The summed E-state index contributed by atoms with van der Waals surface area (Å²) in [6.07, 6.45) is 3.89. The molecule has 0 aliphatic rings. The largest absolute Gasteiger partial charge is 0.480 e. The van der Waals surface area contributed by atoms with E-state index in [0.717, 1.165) is 9.39 Å². The monoisotopic (exact) mass is 372 g/mol. The Morgan fingerprint density at radius 2 is 2.11 bits per heavy atom. The van der Waals surface area contributed by atoms with E-state index in [4.69, 9.17) is 15.2 Å². The summed E-state index contributed by atoms with van der Waals surface area (Å²) >= 11 is 2.09. The highest BCUT2D eigenvalue weighted by atomic mass is 127. The van der Waals surface area contributed by atoms with Crippen molar-refractivity contribution in [2.24, 2.45) is 0 Å². The van der Waals surface area contributed by atoms with Crippen LogP contribution in [0.15, 0.2) is 24.5 Å². The van der Waals surface area contributed by atoms with Crippen LogP contribution in [0.2, 0.25) is 0 Å². The number of ether oxygens (including phenoxy) is 2. The van der Waals surface area contributed by atoms with E-state index in [1.807, 2.05) is 6.07 Å². The van der Waals surface area contributed by atoms with Crippen LogP contribution in [0.5, 0.6) is 11.8 Å². The molecule has 0 unspecified atom stereocenters. The SMILES string of the molecule is COc1nc(CCOc2cncc(I)n2)ccc1N. The van der Waals surface area contributed by atoms with Gasteiger partial charge in [0.15, 0.2) is 0 Å². The van der Waals surface area contributed by atoms with Gasteiger partial charge in [-0.15, -0.1) is 0 Å². The fourth-order valence-electron chi connectivity index (χ4n) is 1.45. The fourth-order valence-corrected chi connectivity index (χ4v) is 1.85. The summed E-state index contributed by atoms with van der Waals surface area (Å²) in [6.45, 7) is 0.467. The molecule has 19 heavy (non-hydrogen) atoms. The zero-order valence-corrected chi connectivity index (χ0v) is 12.5. The molecule has 0 atom stereocenters. The van der Waals surface area contributed by atoms with Gasteiger partial charge in [0.2, 0.25) is 11.8 Å². The average Bonchev–Trinajstić information content (AvgIpc) is 2.41. The summed E-state index contributed by atoms with van der Waals surface area (Å²) in [5.74, 6) is 0.945. The van der Waals surface area contributed by atoms with E-state index in [9.17, 15) is 0 Å². The quantitative estimate of drug-likeness (QED) is 0.805. The van der Waals surface area contributed by atoms with E-state index in [1.165, 1.54) is 0 Å². The Morgan fingerprint density at radius 3 is 2.84 bits per heavy atom. The molecule has 2 N–H and O–H groups in total. The first-order valence-electron chi connectivity index (χ1n) is 5.59. The Labute approximate surface area is 124 Å². The van der Waals surface area contributed by atoms with Gasteiger partial charge in [0.05, 0.1) is 31.8 Å². The molecule has 0 aliphatic heterocycles. The fraction of sp³-hybridized carbons (Fsp3) is 0.250. The number of methoxy groups -OCH3 is 1. The van der Waals surface area contributed by atoms with E-state index in [0.29, 0.717) is 30.5 Å². The van der Waals surface area contributed by atoms with E-state index in [-0.39, 0.29) is 0 Å². The third kappa shape index (κ3) is 3.91. The number of nitrogens with zero attached hydrogens (tertiary/aromatic N) is 3. The first kappa shape index (κ1) is 13.8. The second kappa shape index (κ2) is 6.50. The number of rotatable bonds is 5. The molecule has 0 saturated heterocycles. The number of aromatic nitrogens is 3. The van der Waals surface area contributed by atoms with Gasteiger partial charge in [-0.1, -0.05) is 0 Å². The highest BCUT2D eigenvalue weighted by Gasteiger charge is 2.04. The van der Waals surface area contributed by atoms with Gasteiger partial charge >= 0.3 is 0 Å². The second-order valence-corrected chi connectivity index (χ2v) is 4.78. The van der Waals surface area contributed by atoms with Gasteiger partial charge in [0.1, 0.15) is 3.70 Å². The normalized spacial score (nSPS) is 10.2. The van der Waals surface area contributed by atoms with Crippen LogP contribution in [0.25, 0.3) is 0 Å². The summed E-state index contributed by atoms with van der Waals surface area (Å²) < 4.78 is 11.4. The Hall–Kier alpha value is -1.64. The highest BCUT2D eigenvalue weighted by molar-refractivity contribution is 14.1. The molecule has 0 amide bonds. The molecule has 0 spiro atoms. The standard InChI is InChI=1S/C12H13IN4O2/c1-18-12-9(14)3-2-8(16-12)4-5-19-11-7-15-6-10(13)17-11/h2-3,6-7H,4-5,14H2,1H3. The number of nitrogen functional groups attached to an aromatic ring is 1. The zero-order chi connectivity index (χ0) is 13.7. The van der Waals surface area contributed by atoms with Gasteiger partial charge in [0, 0.05) is 12.1 Å². The van der Waals surface area contributed by atoms with Crippen LogP contribution in [-0.4, -0.2) is 28.7 Å². The first-order chi connectivity index (χ1) is 9.19. The Morgan fingerprint density at radius 1 is 1.26 bits per heavy atom. The van der Waals surface area contributed by atoms with Crippen molar-refractivity contribution in [3.05, 3.63) is 33.9 Å². The van der Waals surface area contributed by atoms with Crippen LogP contribution in [0.3, 0.4) is 0 Å².